The van der Waals surface area contributed by atoms with Crippen LogP contribution in [0.5, 0.6) is 17.2 Å². The van der Waals surface area contributed by atoms with E-state index in [1.54, 1.807) is 12.1 Å². The maximum atomic E-state index is 13.0. The maximum Gasteiger partial charge on any atom is 0.258 e. The van der Waals surface area contributed by atoms with Crippen LogP contribution in [0.4, 0.5) is 0 Å². The van der Waals surface area contributed by atoms with Gasteiger partial charge in [0.15, 0.2) is 11.5 Å². The number of sulfonamides is 1. The number of ether oxygens (including phenoxy) is 3. The van der Waals surface area contributed by atoms with Crippen molar-refractivity contribution >= 4 is 33.7 Å². The molecule has 1 aliphatic rings. The van der Waals surface area contributed by atoms with E-state index in [-0.39, 0.29) is 11.4 Å². The first-order chi connectivity index (χ1) is 15.3. The van der Waals surface area contributed by atoms with E-state index in [2.05, 4.69) is 10.5 Å². The zero-order valence-corrected chi connectivity index (χ0v) is 19.4. The first-order valence-electron chi connectivity index (χ1n) is 9.72. The fraction of sp³-hybridized carbons (Fsp3) is 0.333. The number of benzene rings is 2. The molecule has 172 valence electrons. The molecule has 0 radical (unpaired) electrons. The Morgan fingerprint density at radius 1 is 1.12 bits per heavy atom. The number of carbonyl (C=O) groups is 1. The molecule has 1 atom stereocenters. The molecule has 0 aromatic heterocycles. The first kappa shape index (κ1) is 23.8. The van der Waals surface area contributed by atoms with Gasteiger partial charge in [-0.3, -0.25) is 4.79 Å². The molecule has 0 unspecified atom stereocenters. The minimum absolute atomic E-state index is 0.0857. The lowest BCUT2D eigenvalue weighted by atomic mass is 10.2. The third kappa shape index (κ3) is 4.98. The summed E-state index contributed by atoms with van der Waals surface area (Å²) >= 11 is 5.85. The monoisotopic (exact) mass is 481 g/mol. The van der Waals surface area contributed by atoms with Gasteiger partial charge in [-0.05, 0) is 49.2 Å². The fourth-order valence-corrected chi connectivity index (χ4v) is 5.24. The zero-order valence-electron chi connectivity index (χ0n) is 17.9. The van der Waals surface area contributed by atoms with Gasteiger partial charge in [-0.2, -0.15) is 9.41 Å². The van der Waals surface area contributed by atoms with Gasteiger partial charge in [-0.15, -0.1) is 0 Å². The Labute approximate surface area is 192 Å². The Hall–Kier alpha value is -2.82. The summed E-state index contributed by atoms with van der Waals surface area (Å²) in [7, 11) is 0.654. The topological polar surface area (TPSA) is 107 Å². The number of rotatable bonds is 8. The van der Waals surface area contributed by atoms with Crippen molar-refractivity contribution in [1.29, 1.82) is 0 Å². The lowest BCUT2D eigenvalue weighted by molar-refractivity contribution is -0.124. The number of hydrogen-bond donors (Lipinski definition) is 1. The van der Waals surface area contributed by atoms with Crippen molar-refractivity contribution < 1.29 is 27.4 Å². The van der Waals surface area contributed by atoms with E-state index >= 15 is 0 Å². The number of amides is 1. The summed E-state index contributed by atoms with van der Waals surface area (Å²) < 4.78 is 43.0. The van der Waals surface area contributed by atoms with Crippen molar-refractivity contribution in [1.82, 2.24) is 9.73 Å². The first-order valence-corrected chi connectivity index (χ1v) is 11.5. The molecule has 2 aromatic rings. The van der Waals surface area contributed by atoms with E-state index in [1.807, 2.05) is 0 Å². The predicted octanol–water partition coefficient (Wildman–Crippen LogP) is 2.67. The number of halogens is 1. The summed E-state index contributed by atoms with van der Waals surface area (Å²) in [6.45, 7) is 0.250. The lowest BCUT2D eigenvalue weighted by Crippen LogP contribution is -2.44. The van der Waals surface area contributed by atoms with E-state index < -0.39 is 22.0 Å². The summed E-state index contributed by atoms with van der Waals surface area (Å²) in [4.78, 5) is 12.8. The average Bonchev–Trinajstić information content (AvgIpc) is 3.29. The summed E-state index contributed by atoms with van der Waals surface area (Å²) in [6, 6.07) is 8.34. The van der Waals surface area contributed by atoms with E-state index in [0.29, 0.717) is 40.7 Å². The summed E-state index contributed by atoms with van der Waals surface area (Å²) in [5, 5.41) is 4.41. The standard InChI is InChI=1S/C21H24ClN3O6S/c1-29-18-11-14(12-19(30-2)20(18)31-3)13-23-24-21(26)17-5-4-10-25(17)32(27,28)16-8-6-15(22)7-9-16/h6-9,11-13,17H,4-5,10H2,1-3H3,(H,24,26)/b23-13-/t17-/m0/s1. The Bertz CT molecular complexity index is 1080. The van der Waals surface area contributed by atoms with Crippen LogP contribution in [-0.4, -0.2) is 58.8 Å². The van der Waals surface area contributed by atoms with Gasteiger partial charge in [0.25, 0.3) is 5.91 Å². The molecule has 9 nitrogen and oxygen atoms in total. The Morgan fingerprint density at radius 3 is 2.31 bits per heavy atom. The van der Waals surface area contributed by atoms with Gasteiger partial charge in [0, 0.05) is 17.1 Å². The molecule has 3 rings (SSSR count). The van der Waals surface area contributed by atoms with Gasteiger partial charge in [0.05, 0.1) is 32.4 Å². The van der Waals surface area contributed by atoms with Crippen LogP contribution in [0, 0.1) is 0 Å². The largest absolute Gasteiger partial charge is 0.493 e. The third-order valence-electron chi connectivity index (χ3n) is 5.00. The molecule has 2 aromatic carbocycles. The minimum Gasteiger partial charge on any atom is -0.493 e. The molecular formula is C21H24ClN3O6S. The molecule has 1 aliphatic heterocycles. The SMILES string of the molecule is COc1cc(/C=N\NC(=O)[C@@H]2CCCN2S(=O)(=O)c2ccc(Cl)cc2)cc(OC)c1OC. The Kier molecular flexibility index (Phi) is 7.60. The number of methoxy groups -OCH3 is 3. The molecule has 1 saturated heterocycles. The third-order valence-corrected chi connectivity index (χ3v) is 7.18. The van der Waals surface area contributed by atoms with Crippen LogP contribution >= 0.6 is 11.6 Å². The van der Waals surface area contributed by atoms with Crippen LogP contribution in [0.1, 0.15) is 18.4 Å². The highest BCUT2D eigenvalue weighted by molar-refractivity contribution is 7.89. The molecule has 32 heavy (non-hydrogen) atoms. The quantitative estimate of drug-likeness (QED) is 0.459. The van der Waals surface area contributed by atoms with Gasteiger partial charge in [0.1, 0.15) is 6.04 Å². The normalized spacial score (nSPS) is 16.8. The molecule has 1 heterocycles. The minimum atomic E-state index is -3.84. The Morgan fingerprint density at radius 2 is 1.75 bits per heavy atom. The number of carbonyl (C=O) groups excluding carboxylic acids is 1. The Balaban J connectivity index is 1.74. The second kappa shape index (κ2) is 10.2. The average molecular weight is 482 g/mol. The van der Waals surface area contributed by atoms with Crippen LogP contribution in [0.15, 0.2) is 46.4 Å². The predicted molar refractivity (Wildman–Crippen MR) is 120 cm³/mol. The highest BCUT2D eigenvalue weighted by Crippen LogP contribution is 2.37. The number of hydrogen-bond acceptors (Lipinski definition) is 7. The summed E-state index contributed by atoms with van der Waals surface area (Å²) in [6.07, 6.45) is 2.38. The van der Waals surface area contributed by atoms with Crippen LogP contribution in [0.25, 0.3) is 0 Å². The van der Waals surface area contributed by atoms with Crippen LogP contribution in [0.3, 0.4) is 0 Å². The second-order valence-corrected chi connectivity index (χ2v) is 9.25. The van der Waals surface area contributed by atoms with Crippen molar-refractivity contribution in [3.63, 3.8) is 0 Å². The lowest BCUT2D eigenvalue weighted by Gasteiger charge is -2.22. The van der Waals surface area contributed by atoms with Crippen molar-refractivity contribution in [3.05, 3.63) is 47.0 Å². The van der Waals surface area contributed by atoms with Gasteiger partial charge in [-0.25, -0.2) is 13.8 Å². The van der Waals surface area contributed by atoms with Crippen LogP contribution in [0.2, 0.25) is 5.02 Å². The molecule has 0 aliphatic carbocycles. The molecule has 1 N–H and O–H groups in total. The van der Waals surface area contributed by atoms with Crippen molar-refractivity contribution in [3.8, 4) is 17.2 Å². The fourth-order valence-electron chi connectivity index (χ4n) is 3.45. The van der Waals surface area contributed by atoms with Crippen molar-refractivity contribution in [2.24, 2.45) is 5.10 Å². The maximum absolute atomic E-state index is 13.0. The zero-order chi connectivity index (χ0) is 23.3. The molecule has 1 fully saturated rings. The number of nitrogens with one attached hydrogen (secondary N) is 1. The number of nitrogens with zero attached hydrogens (tertiary/aromatic N) is 2. The second-order valence-electron chi connectivity index (χ2n) is 6.92. The van der Waals surface area contributed by atoms with E-state index in [9.17, 15) is 13.2 Å². The van der Waals surface area contributed by atoms with Gasteiger partial charge >= 0.3 is 0 Å². The van der Waals surface area contributed by atoms with E-state index in [0.717, 1.165) is 0 Å². The molecule has 0 saturated carbocycles. The molecule has 1 amide bonds. The molecule has 11 heteroatoms. The molecule has 0 bridgehead atoms. The van der Waals surface area contributed by atoms with Crippen LogP contribution < -0.4 is 19.6 Å². The van der Waals surface area contributed by atoms with Crippen molar-refractivity contribution in [2.45, 2.75) is 23.8 Å². The highest BCUT2D eigenvalue weighted by Gasteiger charge is 2.39. The van der Waals surface area contributed by atoms with Gasteiger partial charge in [0.2, 0.25) is 15.8 Å². The summed E-state index contributed by atoms with van der Waals surface area (Å²) in [5.41, 5.74) is 3.02. The smallest absolute Gasteiger partial charge is 0.258 e. The van der Waals surface area contributed by atoms with Crippen LogP contribution in [-0.2, 0) is 14.8 Å². The van der Waals surface area contributed by atoms with Crippen molar-refractivity contribution in [2.75, 3.05) is 27.9 Å². The number of hydrazone groups is 1. The summed E-state index contributed by atoms with van der Waals surface area (Å²) in [5.74, 6) is 0.806. The molecule has 0 spiro atoms. The van der Waals surface area contributed by atoms with E-state index in [4.69, 9.17) is 25.8 Å². The van der Waals surface area contributed by atoms with E-state index in [1.165, 1.54) is 56.1 Å². The highest BCUT2D eigenvalue weighted by atomic mass is 35.5. The van der Waals surface area contributed by atoms with Gasteiger partial charge < -0.3 is 14.2 Å². The van der Waals surface area contributed by atoms with Gasteiger partial charge in [-0.1, -0.05) is 11.6 Å². The molecular weight excluding hydrogens is 458 g/mol.